The van der Waals surface area contributed by atoms with E-state index in [-0.39, 0.29) is 18.6 Å². The van der Waals surface area contributed by atoms with Crippen LogP contribution in [0.2, 0.25) is 0 Å². The molecule has 82 valence electrons. The number of hydrogen-bond donors (Lipinski definition) is 2. The number of nitrogens with two attached hydrogens (primary N) is 1. The first kappa shape index (κ1) is 11.5. The normalized spacial score (nSPS) is 11.9. The van der Waals surface area contributed by atoms with Crippen LogP contribution in [0.5, 0.6) is 5.75 Å². The second-order valence-corrected chi connectivity index (χ2v) is 3.32. The van der Waals surface area contributed by atoms with Gasteiger partial charge >= 0.3 is 0 Å². The van der Waals surface area contributed by atoms with Crippen LogP contribution in [0.15, 0.2) is 24.3 Å². The van der Waals surface area contributed by atoms with Gasteiger partial charge in [-0.05, 0) is 24.6 Å². The van der Waals surface area contributed by atoms with Crippen LogP contribution in [0.4, 0.5) is 0 Å². The molecule has 0 unspecified atom stereocenters. The van der Waals surface area contributed by atoms with Crippen molar-refractivity contribution in [1.82, 2.24) is 5.32 Å². The Morgan fingerprint density at radius 1 is 1.60 bits per heavy atom. The van der Waals surface area contributed by atoms with Crippen LogP contribution < -0.4 is 15.8 Å². The van der Waals surface area contributed by atoms with Crippen molar-refractivity contribution in [1.29, 1.82) is 0 Å². The van der Waals surface area contributed by atoms with Gasteiger partial charge in [0, 0.05) is 13.1 Å². The maximum atomic E-state index is 10.9. The lowest BCUT2D eigenvalue weighted by Crippen LogP contribution is -2.24. The second kappa shape index (κ2) is 5.36. The molecule has 0 aliphatic rings. The van der Waals surface area contributed by atoms with Gasteiger partial charge in [-0.3, -0.25) is 4.79 Å². The summed E-state index contributed by atoms with van der Waals surface area (Å²) in [6.07, 6.45) is 0. The minimum Gasteiger partial charge on any atom is -0.484 e. The zero-order valence-electron chi connectivity index (χ0n) is 8.99. The molecule has 4 heteroatoms. The Bertz CT molecular complexity index is 337. The third-order valence-corrected chi connectivity index (χ3v) is 2.03. The molecular weight excluding hydrogens is 192 g/mol. The van der Waals surface area contributed by atoms with Crippen LogP contribution >= 0.6 is 0 Å². The third-order valence-electron chi connectivity index (χ3n) is 2.03. The highest BCUT2D eigenvalue weighted by Crippen LogP contribution is 2.17. The molecule has 3 N–H and O–H groups in total. The van der Waals surface area contributed by atoms with E-state index in [0.717, 1.165) is 5.56 Å². The molecule has 0 heterocycles. The van der Waals surface area contributed by atoms with Crippen molar-refractivity contribution in [2.45, 2.75) is 13.0 Å². The van der Waals surface area contributed by atoms with Gasteiger partial charge in [-0.1, -0.05) is 12.1 Å². The number of likely N-dealkylation sites (N-methyl/N-ethyl adjacent to an activating group) is 1. The van der Waals surface area contributed by atoms with Gasteiger partial charge in [0.05, 0.1) is 0 Å². The van der Waals surface area contributed by atoms with Crippen LogP contribution in [-0.4, -0.2) is 19.6 Å². The molecule has 0 aliphatic heterocycles. The van der Waals surface area contributed by atoms with E-state index in [0.29, 0.717) is 5.75 Å². The average Bonchev–Trinajstić information content (AvgIpc) is 2.26. The van der Waals surface area contributed by atoms with Gasteiger partial charge in [0.1, 0.15) is 5.75 Å². The number of ether oxygens (including phenoxy) is 1. The Morgan fingerprint density at radius 3 is 2.93 bits per heavy atom. The molecule has 0 aliphatic carbocycles. The Hall–Kier alpha value is -1.55. The smallest absolute Gasteiger partial charge is 0.257 e. The van der Waals surface area contributed by atoms with Crippen molar-refractivity contribution < 1.29 is 9.53 Å². The number of carbonyl (C=O) groups is 1. The molecule has 0 spiro atoms. The van der Waals surface area contributed by atoms with Crippen molar-refractivity contribution in [3.8, 4) is 5.75 Å². The van der Waals surface area contributed by atoms with Gasteiger partial charge < -0.3 is 15.8 Å². The van der Waals surface area contributed by atoms with Crippen LogP contribution in [0.1, 0.15) is 18.5 Å². The first-order chi connectivity index (χ1) is 7.13. The summed E-state index contributed by atoms with van der Waals surface area (Å²) in [6, 6.07) is 7.39. The lowest BCUT2D eigenvalue weighted by atomic mass is 10.1. The van der Waals surface area contributed by atoms with Crippen molar-refractivity contribution in [3.05, 3.63) is 29.8 Å². The molecule has 1 amide bonds. The number of amides is 1. The Morgan fingerprint density at radius 2 is 2.33 bits per heavy atom. The molecule has 4 nitrogen and oxygen atoms in total. The van der Waals surface area contributed by atoms with E-state index in [1.54, 1.807) is 13.1 Å². The first-order valence-electron chi connectivity index (χ1n) is 4.82. The highest BCUT2D eigenvalue weighted by molar-refractivity contribution is 5.77. The number of nitrogens with one attached hydrogen (secondary N) is 1. The summed E-state index contributed by atoms with van der Waals surface area (Å²) < 4.78 is 5.28. The third kappa shape index (κ3) is 3.59. The molecule has 0 aromatic heterocycles. The highest BCUT2D eigenvalue weighted by atomic mass is 16.5. The molecule has 0 fully saturated rings. The van der Waals surface area contributed by atoms with Crippen molar-refractivity contribution in [2.75, 3.05) is 13.7 Å². The fourth-order valence-electron chi connectivity index (χ4n) is 1.11. The minimum atomic E-state index is -0.152. The van der Waals surface area contributed by atoms with E-state index in [1.165, 1.54) is 0 Å². The zero-order valence-corrected chi connectivity index (χ0v) is 8.99. The van der Waals surface area contributed by atoms with E-state index >= 15 is 0 Å². The maximum Gasteiger partial charge on any atom is 0.257 e. The van der Waals surface area contributed by atoms with Crippen molar-refractivity contribution >= 4 is 5.91 Å². The predicted molar refractivity (Wildman–Crippen MR) is 58.6 cm³/mol. The largest absolute Gasteiger partial charge is 0.484 e. The van der Waals surface area contributed by atoms with E-state index in [2.05, 4.69) is 5.32 Å². The summed E-state index contributed by atoms with van der Waals surface area (Å²) >= 11 is 0. The first-order valence-corrected chi connectivity index (χ1v) is 4.82. The van der Waals surface area contributed by atoms with Crippen LogP contribution in [0, 0.1) is 0 Å². The highest BCUT2D eigenvalue weighted by Gasteiger charge is 2.03. The van der Waals surface area contributed by atoms with Crippen LogP contribution in [-0.2, 0) is 4.79 Å². The van der Waals surface area contributed by atoms with Crippen molar-refractivity contribution in [2.24, 2.45) is 5.73 Å². The Labute approximate surface area is 89.4 Å². The lowest BCUT2D eigenvalue weighted by Gasteiger charge is -2.09. The summed E-state index contributed by atoms with van der Waals surface area (Å²) in [5.41, 5.74) is 6.72. The summed E-state index contributed by atoms with van der Waals surface area (Å²) in [6.45, 7) is 1.93. The summed E-state index contributed by atoms with van der Waals surface area (Å²) in [7, 11) is 1.57. The molecule has 1 rings (SSSR count). The molecular formula is C11H16N2O2. The molecule has 0 radical (unpaired) electrons. The summed E-state index contributed by atoms with van der Waals surface area (Å²) in [5, 5.41) is 2.48. The van der Waals surface area contributed by atoms with Gasteiger partial charge in [0.15, 0.2) is 6.61 Å². The fourth-order valence-corrected chi connectivity index (χ4v) is 1.11. The van der Waals surface area contributed by atoms with Crippen LogP contribution in [0.3, 0.4) is 0 Å². The molecule has 15 heavy (non-hydrogen) atoms. The van der Waals surface area contributed by atoms with E-state index in [9.17, 15) is 4.79 Å². The fraction of sp³-hybridized carbons (Fsp3) is 0.364. The van der Waals surface area contributed by atoms with Gasteiger partial charge in [0.2, 0.25) is 0 Å². The number of benzene rings is 1. The van der Waals surface area contributed by atoms with E-state index in [1.807, 2.05) is 25.1 Å². The van der Waals surface area contributed by atoms with E-state index < -0.39 is 0 Å². The summed E-state index contributed by atoms with van der Waals surface area (Å²) in [4.78, 5) is 10.9. The topological polar surface area (TPSA) is 64.3 Å². The van der Waals surface area contributed by atoms with Gasteiger partial charge in [-0.15, -0.1) is 0 Å². The average molecular weight is 208 g/mol. The van der Waals surface area contributed by atoms with Gasteiger partial charge in [-0.2, -0.15) is 0 Å². The van der Waals surface area contributed by atoms with Gasteiger partial charge in [0.25, 0.3) is 5.91 Å². The zero-order chi connectivity index (χ0) is 11.3. The summed E-state index contributed by atoms with van der Waals surface area (Å²) in [5.74, 6) is 0.509. The molecule has 0 saturated heterocycles. The predicted octanol–water partition coefficient (Wildman–Crippen LogP) is 0.831. The SMILES string of the molecule is CNC(=O)COc1cccc([C@H](C)N)c1. The minimum absolute atomic E-state index is 0.0267. The lowest BCUT2D eigenvalue weighted by molar-refractivity contribution is -0.122. The second-order valence-electron chi connectivity index (χ2n) is 3.32. The standard InChI is InChI=1S/C11H16N2O2/c1-8(12)9-4-3-5-10(6-9)15-7-11(14)13-2/h3-6,8H,7,12H2,1-2H3,(H,13,14)/t8-/m0/s1. The van der Waals surface area contributed by atoms with Gasteiger partial charge in [-0.25, -0.2) is 0 Å². The molecule has 1 aromatic rings. The van der Waals surface area contributed by atoms with Crippen LogP contribution in [0.25, 0.3) is 0 Å². The number of rotatable bonds is 4. The number of hydrogen-bond acceptors (Lipinski definition) is 3. The molecule has 1 aromatic carbocycles. The molecule has 1 atom stereocenters. The Balaban J connectivity index is 2.61. The Kier molecular flexibility index (Phi) is 4.12. The quantitative estimate of drug-likeness (QED) is 0.770. The van der Waals surface area contributed by atoms with E-state index in [4.69, 9.17) is 10.5 Å². The van der Waals surface area contributed by atoms with Crippen molar-refractivity contribution in [3.63, 3.8) is 0 Å². The molecule has 0 bridgehead atoms. The number of carbonyl (C=O) groups excluding carboxylic acids is 1. The molecule has 0 saturated carbocycles. The maximum absolute atomic E-state index is 10.9. The monoisotopic (exact) mass is 208 g/mol.